The predicted octanol–water partition coefficient (Wildman–Crippen LogP) is 4.18. The molecule has 0 unspecified atom stereocenters. The molecule has 0 fully saturated rings. The second kappa shape index (κ2) is 6.48. The van der Waals surface area contributed by atoms with Gasteiger partial charge in [0, 0.05) is 23.5 Å². The number of phenolic OH excluding ortho intramolecular Hbond substituents is 2. The Bertz CT molecular complexity index is 882. The number of carbonyl (C=O) groups is 1. The highest BCUT2D eigenvalue weighted by molar-refractivity contribution is 5.99. The number of hydrogen-bond acceptors (Lipinski definition) is 4. The summed E-state index contributed by atoms with van der Waals surface area (Å²) < 4.78 is 0. The molecule has 5 heteroatoms. The Hall–Kier alpha value is -2.69. The van der Waals surface area contributed by atoms with E-state index < -0.39 is 5.41 Å². The number of rotatable bonds is 3. The predicted molar refractivity (Wildman–Crippen MR) is 109 cm³/mol. The molecule has 0 aliphatic carbocycles. The van der Waals surface area contributed by atoms with Crippen molar-refractivity contribution in [3.8, 4) is 11.5 Å². The van der Waals surface area contributed by atoms with Gasteiger partial charge >= 0.3 is 0 Å². The number of hydrogen-bond donors (Lipinski definition) is 3. The molecule has 0 saturated heterocycles. The van der Waals surface area contributed by atoms with Gasteiger partial charge < -0.3 is 20.4 Å². The number of anilines is 2. The quantitative estimate of drug-likeness (QED) is 0.711. The molecule has 0 spiro atoms. The first-order valence-corrected chi connectivity index (χ1v) is 9.24. The number of nitrogens with zero attached hydrogens (tertiary/aromatic N) is 1. The minimum absolute atomic E-state index is 0.0683. The summed E-state index contributed by atoms with van der Waals surface area (Å²) in [5.41, 5.74) is 3.08. The summed E-state index contributed by atoms with van der Waals surface area (Å²) in [6.07, 6.45) is 0.964. The number of nitrogens with one attached hydrogen (secondary N) is 1. The van der Waals surface area contributed by atoms with Crippen LogP contribution < -0.4 is 10.2 Å². The third-order valence-corrected chi connectivity index (χ3v) is 5.31. The molecular formula is C22H28N2O3. The maximum atomic E-state index is 12.9. The van der Waals surface area contributed by atoms with Crippen molar-refractivity contribution >= 4 is 17.3 Å². The molecule has 3 rings (SSSR count). The van der Waals surface area contributed by atoms with Crippen molar-refractivity contribution in [2.75, 3.05) is 16.8 Å². The Labute approximate surface area is 160 Å². The molecule has 1 aliphatic rings. The van der Waals surface area contributed by atoms with E-state index in [1.165, 1.54) is 23.4 Å². The van der Waals surface area contributed by atoms with Crippen LogP contribution in [0.5, 0.6) is 11.5 Å². The lowest BCUT2D eigenvalue weighted by Crippen LogP contribution is -2.40. The molecule has 2 aromatic carbocycles. The number of benzene rings is 2. The summed E-state index contributed by atoms with van der Waals surface area (Å²) in [5.74, 6) is -0.594. The summed E-state index contributed by atoms with van der Waals surface area (Å²) >= 11 is 0. The van der Waals surface area contributed by atoms with Gasteiger partial charge in [0.15, 0.2) is 11.5 Å². The van der Waals surface area contributed by atoms with Gasteiger partial charge in [-0.15, -0.1) is 0 Å². The fraction of sp³-hybridized carbons (Fsp3) is 0.409. The lowest BCUT2D eigenvalue weighted by Gasteiger charge is -2.34. The zero-order valence-corrected chi connectivity index (χ0v) is 16.6. The first kappa shape index (κ1) is 19.1. The van der Waals surface area contributed by atoms with Gasteiger partial charge in [0.1, 0.15) is 0 Å². The Morgan fingerprint density at radius 2 is 1.70 bits per heavy atom. The molecule has 1 amide bonds. The summed E-state index contributed by atoms with van der Waals surface area (Å²) in [4.78, 5) is 15.3. The van der Waals surface area contributed by atoms with Crippen molar-refractivity contribution in [3.63, 3.8) is 0 Å². The standard InChI is InChI=1S/C22H28N2O3/c1-21(2,3)24-11-10-14-12-16(7-8-17(14)24)23-20(27)22(4,5)15-6-9-18(25)19(26)13-15/h6-9,12-13,25-26H,10-11H2,1-5H3,(H,23,27). The molecule has 0 aromatic heterocycles. The first-order valence-electron chi connectivity index (χ1n) is 9.24. The monoisotopic (exact) mass is 368 g/mol. The molecule has 3 N–H and O–H groups in total. The summed E-state index contributed by atoms with van der Waals surface area (Å²) in [6.45, 7) is 11.2. The van der Waals surface area contributed by atoms with Crippen molar-refractivity contribution < 1.29 is 15.0 Å². The molecule has 1 aliphatic heterocycles. The van der Waals surface area contributed by atoms with E-state index in [1.54, 1.807) is 19.9 Å². The third-order valence-electron chi connectivity index (χ3n) is 5.31. The minimum atomic E-state index is -0.859. The van der Waals surface area contributed by atoms with Gasteiger partial charge in [-0.1, -0.05) is 6.07 Å². The van der Waals surface area contributed by atoms with Gasteiger partial charge in [0.2, 0.25) is 5.91 Å². The molecule has 5 nitrogen and oxygen atoms in total. The van der Waals surface area contributed by atoms with Crippen LogP contribution in [0.15, 0.2) is 36.4 Å². The smallest absolute Gasteiger partial charge is 0.234 e. The van der Waals surface area contributed by atoms with Crippen LogP contribution in [-0.4, -0.2) is 28.2 Å². The Kier molecular flexibility index (Phi) is 4.58. The number of carbonyl (C=O) groups excluding carboxylic acids is 1. The molecule has 144 valence electrons. The van der Waals surface area contributed by atoms with Crippen LogP contribution >= 0.6 is 0 Å². The normalized spacial score (nSPS) is 14.2. The second-order valence-electron chi connectivity index (χ2n) is 8.70. The SMILES string of the molecule is CC(C)(C(=O)Nc1ccc2c(c1)CCN2C(C)(C)C)c1ccc(O)c(O)c1. The first-order chi connectivity index (χ1) is 12.5. The maximum absolute atomic E-state index is 12.9. The van der Waals surface area contributed by atoms with Crippen LogP contribution in [0.4, 0.5) is 11.4 Å². The van der Waals surface area contributed by atoms with Gasteiger partial charge in [-0.2, -0.15) is 0 Å². The largest absolute Gasteiger partial charge is 0.504 e. The minimum Gasteiger partial charge on any atom is -0.504 e. The van der Waals surface area contributed by atoms with E-state index in [-0.39, 0.29) is 22.9 Å². The van der Waals surface area contributed by atoms with Gasteiger partial charge in [0.05, 0.1) is 5.41 Å². The van der Waals surface area contributed by atoms with Crippen LogP contribution in [0.25, 0.3) is 0 Å². The zero-order valence-electron chi connectivity index (χ0n) is 16.6. The molecule has 2 aromatic rings. The van der Waals surface area contributed by atoms with E-state index in [0.717, 1.165) is 18.7 Å². The molecule has 27 heavy (non-hydrogen) atoms. The van der Waals surface area contributed by atoms with Crippen molar-refractivity contribution in [3.05, 3.63) is 47.5 Å². The Morgan fingerprint density at radius 1 is 1.00 bits per heavy atom. The van der Waals surface area contributed by atoms with Crippen LogP contribution in [0.1, 0.15) is 45.7 Å². The highest BCUT2D eigenvalue weighted by Gasteiger charge is 2.32. The fourth-order valence-electron chi connectivity index (χ4n) is 3.51. The van der Waals surface area contributed by atoms with E-state index in [9.17, 15) is 15.0 Å². The Morgan fingerprint density at radius 3 is 2.33 bits per heavy atom. The van der Waals surface area contributed by atoms with Crippen LogP contribution in [0.2, 0.25) is 0 Å². The lowest BCUT2D eigenvalue weighted by atomic mass is 9.83. The summed E-state index contributed by atoms with van der Waals surface area (Å²) in [5, 5.41) is 22.2. The number of phenols is 2. The second-order valence-corrected chi connectivity index (χ2v) is 8.70. The average molecular weight is 368 g/mol. The highest BCUT2D eigenvalue weighted by atomic mass is 16.3. The van der Waals surface area contributed by atoms with E-state index in [2.05, 4.69) is 37.1 Å². The van der Waals surface area contributed by atoms with E-state index in [1.807, 2.05) is 12.1 Å². The van der Waals surface area contributed by atoms with Crippen LogP contribution in [-0.2, 0) is 16.6 Å². The van der Waals surface area contributed by atoms with Crippen molar-refractivity contribution in [2.24, 2.45) is 0 Å². The van der Waals surface area contributed by atoms with Gasteiger partial charge in [-0.25, -0.2) is 0 Å². The maximum Gasteiger partial charge on any atom is 0.234 e. The number of fused-ring (bicyclic) bond motifs is 1. The average Bonchev–Trinajstić information content (AvgIpc) is 3.00. The fourth-order valence-corrected chi connectivity index (χ4v) is 3.51. The summed E-state index contributed by atoms with van der Waals surface area (Å²) in [6, 6.07) is 10.5. The lowest BCUT2D eigenvalue weighted by molar-refractivity contribution is -0.120. The third kappa shape index (κ3) is 3.59. The number of amides is 1. The molecular weight excluding hydrogens is 340 g/mol. The van der Waals surface area contributed by atoms with Crippen LogP contribution in [0, 0.1) is 0 Å². The number of aromatic hydroxyl groups is 2. The molecule has 0 radical (unpaired) electrons. The molecule has 0 atom stereocenters. The van der Waals surface area contributed by atoms with E-state index in [4.69, 9.17) is 0 Å². The van der Waals surface area contributed by atoms with Gasteiger partial charge in [-0.3, -0.25) is 4.79 Å². The summed E-state index contributed by atoms with van der Waals surface area (Å²) in [7, 11) is 0. The van der Waals surface area contributed by atoms with Gasteiger partial charge in [0.25, 0.3) is 0 Å². The molecule has 0 saturated carbocycles. The zero-order chi connectivity index (χ0) is 20.0. The van der Waals surface area contributed by atoms with Crippen molar-refractivity contribution in [1.82, 2.24) is 0 Å². The van der Waals surface area contributed by atoms with Crippen molar-refractivity contribution in [2.45, 2.75) is 52.0 Å². The highest BCUT2D eigenvalue weighted by Crippen LogP contribution is 2.36. The Balaban J connectivity index is 1.81. The topological polar surface area (TPSA) is 72.8 Å². The molecule has 1 heterocycles. The van der Waals surface area contributed by atoms with E-state index in [0.29, 0.717) is 5.56 Å². The van der Waals surface area contributed by atoms with Crippen molar-refractivity contribution in [1.29, 1.82) is 0 Å². The molecule has 0 bridgehead atoms. The van der Waals surface area contributed by atoms with E-state index >= 15 is 0 Å². The van der Waals surface area contributed by atoms with Gasteiger partial charge in [-0.05, 0) is 82.5 Å². The van der Waals surface area contributed by atoms with Crippen LogP contribution in [0.3, 0.4) is 0 Å².